The number of carbonyl (C=O) groups is 1. The largest absolute Gasteiger partial charge is 0.493 e. The van der Waals surface area contributed by atoms with Crippen molar-refractivity contribution >= 4 is 5.97 Å². The number of carboxylic acids is 1. The normalized spacial score (nSPS) is 11.3. The van der Waals surface area contributed by atoms with E-state index in [4.69, 9.17) is 14.6 Å². The Morgan fingerprint density at radius 2 is 1.86 bits per heavy atom. The fourth-order valence-corrected chi connectivity index (χ4v) is 2.16. The molecule has 2 aromatic rings. The molecule has 0 saturated carbocycles. The highest BCUT2D eigenvalue weighted by molar-refractivity contribution is 5.87. The first-order valence-electron chi connectivity index (χ1n) is 6.83. The van der Waals surface area contributed by atoms with Crippen LogP contribution in [0.3, 0.4) is 0 Å². The number of aromatic nitrogens is 2. The van der Waals surface area contributed by atoms with Gasteiger partial charge >= 0.3 is 5.97 Å². The molecule has 118 valence electrons. The van der Waals surface area contributed by atoms with E-state index in [9.17, 15) is 4.79 Å². The molecule has 1 heterocycles. The SMILES string of the molecule is COc1cc(C(C)(C)C)cc(-c2cc(C(=O)O)[nH]n2)c1OC. The van der Waals surface area contributed by atoms with Crippen molar-refractivity contribution in [2.45, 2.75) is 26.2 Å². The molecule has 22 heavy (non-hydrogen) atoms. The zero-order chi connectivity index (χ0) is 16.5. The van der Waals surface area contributed by atoms with Gasteiger partial charge in [-0.2, -0.15) is 5.10 Å². The summed E-state index contributed by atoms with van der Waals surface area (Å²) >= 11 is 0. The highest BCUT2D eigenvalue weighted by Crippen LogP contribution is 2.41. The van der Waals surface area contributed by atoms with E-state index in [1.807, 2.05) is 12.1 Å². The number of aromatic amines is 1. The summed E-state index contributed by atoms with van der Waals surface area (Å²) in [4.78, 5) is 11.0. The van der Waals surface area contributed by atoms with Gasteiger partial charge in [-0.3, -0.25) is 5.10 Å². The Kier molecular flexibility index (Phi) is 4.12. The minimum absolute atomic E-state index is 0.0252. The average molecular weight is 304 g/mol. The molecule has 0 aliphatic carbocycles. The van der Waals surface area contributed by atoms with Crippen LogP contribution in [0.4, 0.5) is 0 Å². The van der Waals surface area contributed by atoms with Crippen LogP contribution in [-0.4, -0.2) is 35.5 Å². The molecule has 6 heteroatoms. The molecular weight excluding hydrogens is 284 g/mol. The summed E-state index contributed by atoms with van der Waals surface area (Å²) in [5, 5.41) is 15.6. The van der Waals surface area contributed by atoms with E-state index in [0.29, 0.717) is 22.8 Å². The van der Waals surface area contributed by atoms with Gasteiger partial charge in [0.1, 0.15) is 5.69 Å². The molecular formula is C16H20N2O4. The molecule has 0 amide bonds. The van der Waals surface area contributed by atoms with E-state index in [0.717, 1.165) is 5.56 Å². The topological polar surface area (TPSA) is 84.4 Å². The van der Waals surface area contributed by atoms with Crippen molar-refractivity contribution in [2.24, 2.45) is 0 Å². The van der Waals surface area contributed by atoms with Crippen molar-refractivity contribution in [1.82, 2.24) is 10.2 Å². The van der Waals surface area contributed by atoms with Gasteiger partial charge in [0.25, 0.3) is 0 Å². The molecule has 0 unspecified atom stereocenters. The quantitative estimate of drug-likeness (QED) is 0.906. The average Bonchev–Trinajstić information content (AvgIpc) is 2.94. The molecule has 0 saturated heterocycles. The van der Waals surface area contributed by atoms with Gasteiger partial charge in [-0.05, 0) is 29.2 Å². The van der Waals surface area contributed by atoms with Crippen molar-refractivity contribution in [1.29, 1.82) is 0 Å². The standard InChI is InChI=1S/C16H20N2O4/c1-16(2,3)9-6-10(14(22-5)13(7-9)21-4)11-8-12(15(19)20)18-17-11/h6-8H,1-5H3,(H,17,18)(H,19,20). The number of carboxylic acid groups (broad SMARTS) is 1. The van der Waals surface area contributed by atoms with Gasteiger partial charge < -0.3 is 14.6 Å². The molecule has 1 aromatic heterocycles. The van der Waals surface area contributed by atoms with Crippen LogP contribution in [0.15, 0.2) is 18.2 Å². The molecule has 0 radical (unpaired) electrons. The van der Waals surface area contributed by atoms with Crippen LogP contribution in [-0.2, 0) is 5.41 Å². The van der Waals surface area contributed by atoms with Crippen LogP contribution in [0.5, 0.6) is 11.5 Å². The fraction of sp³-hybridized carbons (Fsp3) is 0.375. The van der Waals surface area contributed by atoms with Crippen LogP contribution in [0, 0.1) is 0 Å². The van der Waals surface area contributed by atoms with Gasteiger partial charge in [0.05, 0.1) is 19.9 Å². The van der Waals surface area contributed by atoms with Crippen LogP contribution in [0.1, 0.15) is 36.8 Å². The van der Waals surface area contributed by atoms with Gasteiger partial charge in [0.15, 0.2) is 11.5 Å². The number of ether oxygens (including phenoxy) is 2. The second-order valence-corrected chi connectivity index (χ2v) is 5.98. The van der Waals surface area contributed by atoms with E-state index < -0.39 is 5.97 Å². The zero-order valence-corrected chi connectivity index (χ0v) is 13.4. The first-order valence-corrected chi connectivity index (χ1v) is 6.83. The molecule has 0 spiro atoms. The summed E-state index contributed by atoms with van der Waals surface area (Å²) in [7, 11) is 3.12. The van der Waals surface area contributed by atoms with Crippen LogP contribution < -0.4 is 9.47 Å². The predicted octanol–water partition coefficient (Wildman–Crippen LogP) is 3.09. The van der Waals surface area contributed by atoms with Gasteiger partial charge in [-0.15, -0.1) is 0 Å². The number of nitrogens with zero attached hydrogens (tertiary/aromatic N) is 1. The van der Waals surface area contributed by atoms with Crippen molar-refractivity contribution in [3.63, 3.8) is 0 Å². The van der Waals surface area contributed by atoms with E-state index >= 15 is 0 Å². The molecule has 6 nitrogen and oxygen atoms in total. The minimum atomic E-state index is -1.06. The highest BCUT2D eigenvalue weighted by Gasteiger charge is 2.22. The smallest absolute Gasteiger partial charge is 0.353 e. The van der Waals surface area contributed by atoms with Crippen LogP contribution in [0.25, 0.3) is 11.3 Å². The summed E-state index contributed by atoms with van der Waals surface area (Å²) in [6, 6.07) is 5.35. The highest BCUT2D eigenvalue weighted by atomic mass is 16.5. The van der Waals surface area contributed by atoms with E-state index in [1.54, 1.807) is 14.2 Å². The van der Waals surface area contributed by atoms with Crippen LogP contribution in [0.2, 0.25) is 0 Å². The molecule has 1 aromatic carbocycles. The summed E-state index contributed by atoms with van der Waals surface area (Å²) in [6.45, 7) is 6.27. The van der Waals surface area contributed by atoms with Crippen molar-refractivity contribution in [3.8, 4) is 22.8 Å². The van der Waals surface area contributed by atoms with Gasteiger partial charge in [-0.1, -0.05) is 20.8 Å². The number of benzene rings is 1. The molecule has 2 N–H and O–H groups in total. The minimum Gasteiger partial charge on any atom is -0.493 e. The van der Waals surface area contributed by atoms with Crippen molar-refractivity contribution in [2.75, 3.05) is 14.2 Å². The maximum absolute atomic E-state index is 11.0. The molecule has 0 aliphatic rings. The molecule has 0 aliphatic heterocycles. The third-order valence-electron chi connectivity index (χ3n) is 3.43. The van der Waals surface area contributed by atoms with E-state index in [-0.39, 0.29) is 11.1 Å². The Labute approximate surface area is 129 Å². The Hall–Kier alpha value is -2.50. The van der Waals surface area contributed by atoms with Gasteiger partial charge in [0.2, 0.25) is 0 Å². The number of hydrogen-bond acceptors (Lipinski definition) is 4. The second-order valence-electron chi connectivity index (χ2n) is 5.98. The number of aromatic carboxylic acids is 1. The Morgan fingerprint density at radius 1 is 1.18 bits per heavy atom. The number of hydrogen-bond donors (Lipinski definition) is 2. The Bertz CT molecular complexity index is 699. The lowest BCUT2D eigenvalue weighted by Gasteiger charge is -2.22. The summed E-state index contributed by atoms with van der Waals surface area (Å²) in [6.07, 6.45) is 0. The van der Waals surface area contributed by atoms with Crippen molar-refractivity contribution in [3.05, 3.63) is 29.5 Å². The lowest BCUT2D eigenvalue weighted by atomic mass is 9.85. The predicted molar refractivity (Wildman–Crippen MR) is 82.8 cm³/mol. The number of rotatable bonds is 4. The van der Waals surface area contributed by atoms with E-state index in [2.05, 4.69) is 31.0 Å². The molecule has 2 rings (SSSR count). The summed E-state index contributed by atoms with van der Waals surface area (Å²) < 4.78 is 10.8. The van der Waals surface area contributed by atoms with Crippen molar-refractivity contribution < 1.29 is 19.4 Å². The summed E-state index contributed by atoms with van der Waals surface area (Å²) in [5.74, 6) is 0.0559. The lowest BCUT2D eigenvalue weighted by molar-refractivity contribution is 0.0690. The maximum atomic E-state index is 11.0. The first kappa shape index (κ1) is 15.9. The third kappa shape index (κ3) is 2.90. The summed E-state index contributed by atoms with van der Waals surface area (Å²) in [5.41, 5.74) is 2.16. The molecule has 0 atom stereocenters. The molecule has 0 fully saturated rings. The van der Waals surface area contributed by atoms with E-state index in [1.165, 1.54) is 6.07 Å². The number of nitrogens with one attached hydrogen (secondary N) is 1. The zero-order valence-electron chi connectivity index (χ0n) is 13.4. The molecule has 0 bridgehead atoms. The first-order chi connectivity index (χ1) is 10.3. The number of methoxy groups -OCH3 is 2. The Balaban J connectivity index is 2.68. The monoisotopic (exact) mass is 304 g/mol. The Morgan fingerprint density at radius 3 is 2.32 bits per heavy atom. The third-order valence-corrected chi connectivity index (χ3v) is 3.43. The van der Waals surface area contributed by atoms with Gasteiger partial charge in [0, 0.05) is 5.56 Å². The van der Waals surface area contributed by atoms with Crippen LogP contribution >= 0.6 is 0 Å². The maximum Gasteiger partial charge on any atom is 0.353 e. The van der Waals surface area contributed by atoms with Gasteiger partial charge in [-0.25, -0.2) is 4.79 Å². The number of H-pyrrole nitrogens is 1. The second kappa shape index (κ2) is 5.71. The fourth-order valence-electron chi connectivity index (χ4n) is 2.16. The lowest BCUT2D eigenvalue weighted by Crippen LogP contribution is -2.12.